The van der Waals surface area contributed by atoms with E-state index in [0.29, 0.717) is 16.1 Å². The van der Waals surface area contributed by atoms with Crippen molar-refractivity contribution in [1.29, 1.82) is 0 Å². The number of hydrogen-bond donors (Lipinski definition) is 1. The Morgan fingerprint density at radius 1 is 0.968 bits per heavy atom. The van der Waals surface area contributed by atoms with Crippen LogP contribution in [0.4, 0.5) is 4.39 Å². The van der Waals surface area contributed by atoms with E-state index in [-0.39, 0.29) is 10.5 Å². The molecule has 1 heterocycles. The van der Waals surface area contributed by atoms with Crippen LogP contribution in [-0.4, -0.2) is 19.2 Å². The fourth-order valence-corrected chi connectivity index (χ4v) is 4.89. The number of ketones is 1. The molecule has 3 aromatic carbocycles. The zero-order valence-electron chi connectivity index (χ0n) is 16.2. The monoisotopic (exact) mass is 453 g/mol. The van der Waals surface area contributed by atoms with Crippen molar-refractivity contribution in [3.63, 3.8) is 0 Å². The van der Waals surface area contributed by atoms with Crippen LogP contribution in [0.15, 0.2) is 83.9 Å². The van der Waals surface area contributed by atoms with E-state index in [4.69, 9.17) is 11.6 Å². The summed E-state index contributed by atoms with van der Waals surface area (Å²) >= 11 is 5.91. The summed E-state index contributed by atoms with van der Waals surface area (Å²) in [7, 11) is -4.05. The van der Waals surface area contributed by atoms with E-state index >= 15 is 0 Å². The highest BCUT2D eigenvalue weighted by Gasteiger charge is 2.27. The summed E-state index contributed by atoms with van der Waals surface area (Å²) in [5.74, 6) is -1.53. The lowest BCUT2D eigenvalue weighted by atomic mass is 10.1. The number of fused-ring (bicyclic) bond motifs is 1. The highest BCUT2D eigenvalue weighted by Crippen LogP contribution is 2.26. The number of nitrogens with one attached hydrogen (secondary N) is 1. The number of H-pyrrole nitrogens is 1. The Morgan fingerprint density at radius 3 is 2.35 bits per heavy atom. The normalized spacial score (nSPS) is 12.3. The molecule has 0 unspecified atom stereocenters. The zero-order chi connectivity index (χ0) is 22.0. The molecule has 0 aliphatic carbocycles. The minimum atomic E-state index is -4.05. The number of Topliss-reactive ketones (excluding diaryl/α,β-unsaturated/α-hetero) is 1. The van der Waals surface area contributed by atoms with E-state index in [9.17, 15) is 17.6 Å². The van der Waals surface area contributed by atoms with Gasteiger partial charge in [-0.2, -0.15) is 0 Å². The van der Waals surface area contributed by atoms with Crippen LogP contribution in [0, 0.1) is 5.82 Å². The van der Waals surface area contributed by atoms with Gasteiger partial charge in [-0.1, -0.05) is 41.9 Å². The molecule has 156 valence electrons. The summed E-state index contributed by atoms with van der Waals surface area (Å²) in [6.45, 7) is 0. The largest absolute Gasteiger partial charge is 0.361 e. The second-order valence-electron chi connectivity index (χ2n) is 7.02. The van der Waals surface area contributed by atoms with Crippen molar-refractivity contribution in [1.82, 2.24) is 4.98 Å². The number of para-hydroxylation sites is 1. The molecule has 0 saturated carbocycles. The van der Waals surface area contributed by atoms with Gasteiger partial charge in [0.15, 0.2) is 9.84 Å². The molecule has 0 atom stereocenters. The van der Waals surface area contributed by atoms with Crippen molar-refractivity contribution in [2.24, 2.45) is 0 Å². The lowest BCUT2D eigenvalue weighted by Gasteiger charge is -2.10. The standard InChI is InChI=1S/C24H17ClFNO3S/c25-19-9-7-17(8-10-19)24(28)23(13-18-14-27-22-4-2-1-3-21(18)22)31(29,30)15-16-5-11-20(26)12-6-16/h1-14,27H,15H2/b23-13+. The third-order valence-electron chi connectivity index (χ3n) is 4.84. The van der Waals surface area contributed by atoms with Crippen LogP contribution in [0.2, 0.25) is 5.02 Å². The molecule has 0 aliphatic rings. The predicted molar refractivity (Wildman–Crippen MR) is 121 cm³/mol. The van der Waals surface area contributed by atoms with Crippen LogP contribution in [0.25, 0.3) is 17.0 Å². The predicted octanol–water partition coefficient (Wildman–Crippen LogP) is 5.80. The van der Waals surface area contributed by atoms with Crippen molar-refractivity contribution >= 4 is 44.2 Å². The minimum Gasteiger partial charge on any atom is -0.361 e. The number of benzene rings is 3. The number of aromatic nitrogens is 1. The number of sulfone groups is 1. The lowest BCUT2D eigenvalue weighted by molar-refractivity contribution is 0.104. The second-order valence-corrected chi connectivity index (χ2v) is 9.41. The first kappa shape index (κ1) is 21.0. The summed E-state index contributed by atoms with van der Waals surface area (Å²) in [5.41, 5.74) is 1.99. The number of halogens is 2. The van der Waals surface area contributed by atoms with E-state index in [0.717, 1.165) is 10.9 Å². The molecule has 1 aromatic heterocycles. The summed E-state index contributed by atoms with van der Waals surface area (Å²) in [6.07, 6.45) is 3.04. The lowest BCUT2D eigenvalue weighted by Crippen LogP contribution is -2.16. The maximum atomic E-state index is 13.3. The minimum absolute atomic E-state index is 0.207. The molecular weight excluding hydrogens is 437 g/mol. The zero-order valence-corrected chi connectivity index (χ0v) is 17.8. The average Bonchev–Trinajstić information content (AvgIpc) is 3.16. The van der Waals surface area contributed by atoms with Gasteiger partial charge >= 0.3 is 0 Å². The number of carbonyl (C=O) groups excluding carboxylic acids is 1. The Hall–Kier alpha value is -3.22. The van der Waals surface area contributed by atoms with E-state index in [1.54, 1.807) is 6.20 Å². The van der Waals surface area contributed by atoms with Crippen LogP contribution in [0.5, 0.6) is 0 Å². The Bertz CT molecular complexity index is 1390. The van der Waals surface area contributed by atoms with Crippen molar-refractivity contribution in [3.8, 4) is 0 Å². The molecule has 0 aliphatic heterocycles. The fraction of sp³-hybridized carbons (Fsp3) is 0.0417. The summed E-state index contributed by atoms with van der Waals surface area (Å²) in [6, 6.07) is 18.6. The van der Waals surface area contributed by atoms with Crippen molar-refractivity contribution in [3.05, 3.63) is 111 Å². The molecule has 0 saturated heterocycles. The van der Waals surface area contributed by atoms with Gasteiger partial charge in [-0.15, -0.1) is 0 Å². The van der Waals surface area contributed by atoms with Crippen LogP contribution in [-0.2, 0) is 15.6 Å². The summed E-state index contributed by atoms with van der Waals surface area (Å²) < 4.78 is 39.9. The average molecular weight is 454 g/mol. The van der Waals surface area contributed by atoms with Gasteiger partial charge in [0.25, 0.3) is 0 Å². The van der Waals surface area contributed by atoms with Crippen LogP contribution in [0.1, 0.15) is 21.5 Å². The maximum Gasteiger partial charge on any atom is 0.204 e. The third kappa shape index (κ3) is 4.60. The molecule has 0 amide bonds. The van der Waals surface area contributed by atoms with Gasteiger partial charge in [0.1, 0.15) is 10.7 Å². The van der Waals surface area contributed by atoms with Gasteiger partial charge in [-0.25, -0.2) is 12.8 Å². The summed E-state index contributed by atoms with van der Waals surface area (Å²) in [4.78, 5) is 16.0. The Kier molecular flexibility index (Phi) is 5.76. The van der Waals surface area contributed by atoms with Gasteiger partial charge in [-0.05, 0) is 54.1 Å². The molecule has 4 rings (SSSR count). The highest BCUT2D eigenvalue weighted by molar-refractivity contribution is 7.95. The maximum absolute atomic E-state index is 13.3. The molecule has 0 fully saturated rings. The van der Waals surface area contributed by atoms with Gasteiger partial charge in [0.05, 0.1) is 5.75 Å². The van der Waals surface area contributed by atoms with Gasteiger partial charge in [0.2, 0.25) is 5.78 Å². The molecule has 0 radical (unpaired) electrons. The molecule has 0 spiro atoms. The van der Waals surface area contributed by atoms with Gasteiger partial charge < -0.3 is 4.98 Å². The Morgan fingerprint density at radius 2 is 1.65 bits per heavy atom. The van der Waals surface area contributed by atoms with E-state index < -0.39 is 27.2 Å². The molecular formula is C24H17ClFNO3S. The highest BCUT2D eigenvalue weighted by atomic mass is 35.5. The van der Waals surface area contributed by atoms with Crippen LogP contribution < -0.4 is 0 Å². The first-order valence-electron chi connectivity index (χ1n) is 9.39. The Balaban J connectivity index is 1.82. The number of hydrogen-bond acceptors (Lipinski definition) is 3. The quantitative estimate of drug-likeness (QED) is 0.296. The summed E-state index contributed by atoms with van der Waals surface area (Å²) in [5, 5.41) is 1.23. The first-order chi connectivity index (χ1) is 14.8. The van der Waals surface area contributed by atoms with E-state index in [2.05, 4.69) is 4.98 Å². The number of rotatable bonds is 6. The fourth-order valence-electron chi connectivity index (χ4n) is 3.27. The van der Waals surface area contributed by atoms with Gasteiger partial charge in [0, 0.05) is 33.2 Å². The smallest absolute Gasteiger partial charge is 0.204 e. The van der Waals surface area contributed by atoms with Gasteiger partial charge in [-0.3, -0.25) is 4.79 Å². The molecule has 4 aromatic rings. The SMILES string of the molecule is O=C(/C(=C\c1c[nH]c2ccccc12)S(=O)(=O)Cc1ccc(F)cc1)c1ccc(Cl)cc1. The van der Waals surface area contributed by atoms with E-state index in [1.165, 1.54) is 54.6 Å². The van der Waals surface area contributed by atoms with Crippen molar-refractivity contribution in [2.45, 2.75) is 5.75 Å². The third-order valence-corrected chi connectivity index (χ3v) is 6.78. The molecule has 31 heavy (non-hydrogen) atoms. The van der Waals surface area contributed by atoms with E-state index in [1.807, 2.05) is 24.3 Å². The first-order valence-corrected chi connectivity index (χ1v) is 11.4. The van der Waals surface area contributed by atoms with Crippen LogP contribution in [0.3, 0.4) is 0 Å². The van der Waals surface area contributed by atoms with Crippen molar-refractivity contribution < 1.29 is 17.6 Å². The second kappa shape index (κ2) is 8.49. The topological polar surface area (TPSA) is 67.0 Å². The molecule has 7 heteroatoms. The number of carbonyl (C=O) groups is 1. The molecule has 1 N–H and O–H groups in total. The number of aromatic amines is 1. The van der Waals surface area contributed by atoms with Crippen molar-refractivity contribution in [2.75, 3.05) is 0 Å². The molecule has 0 bridgehead atoms. The molecule has 4 nitrogen and oxygen atoms in total. The Labute approximate surface area is 183 Å². The number of allylic oxidation sites excluding steroid dienone is 1. The van der Waals surface area contributed by atoms with Crippen LogP contribution >= 0.6 is 11.6 Å².